The van der Waals surface area contributed by atoms with Gasteiger partial charge in [0.15, 0.2) is 11.4 Å². The van der Waals surface area contributed by atoms with E-state index in [2.05, 4.69) is 41.0 Å². The zero-order valence-electron chi connectivity index (χ0n) is 15.0. The molecule has 0 unspecified atom stereocenters. The lowest BCUT2D eigenvalue weighted by Gasteiger charge is -2.08. The van der Waals surface area contributed by atoms with Crippen molar-refractivity contribution < 1.29 is 26.4 Å². The van der Waals surface area contributed by atoms with Crippen LogP contribution in [0.25, 0.3) is 0 Å². The third-order valence-electron chi connectivity index (χ3n) is 3.69. The van der Waals surface area contributed by atoms with Crippen LogP contribution in [0.4, 0.5) is 24.8 Å². The standard InChI is InChI=1S/C16H12BrF3N6O3S/c1-26-13(16(18,19)20)11(17)12(24-26)14(27)23-9-3-5-10(6-4-9)30(28,29)25-15-21-7-2-8-22-15/h2-8H,1H3,(H,23,27)(H,21,22,25). The van der Waals surface area contributed by atoms with Crippen LogP contribution < -0.4 is 10.0 Å². The van der Waals surface area contributed by atoms with Gasteiger partial charge in [-0.3, -0.25) is 9.48 Å². The van der Waals surface area contributed by atoms with E-state index < -0.39 is 38.0 Å². The Kier molecular flexibility index (Phi) is 5.81. The van der Waals surface area contributed by atoms with Crippen LogP contribution in [0.1, 0.15) is 16.2 Å². The van der Waals surface area contributed by atoms with Gasteiger partial charge in [-0.25, -0.2) is 23.1 Å². The van der Waals surface area contributed by atoms with Crippen molar-refractivity contribution >= 4 is 43.5 Å². The molecule has 0 aliphatic heterocycles. The highest BCUT2D eigenvalue weighted by atomic mass is 79.9. The van der Waals surface area contributed by atoms with Crippen LogP contribution in [0.5, 0.6) is 0 Å². The third kappa shape index (κ3) is 4.59. The highest BCUT2D eigenvalue weighted by Crippen LogP contribution is 2.36. The summed E-state index contributed by atoms with van der Waals surface area (Å²) < 4.78 is 66.0. The Hall–Kier alpha value is -3.00. The Bertz CT molecular complexity index is 1180. The van der Waals surface area contributed by atoms with Gasteiger partial charge in [0.2, 0.25) is 5.95 Å². The summed E-state index contributed by atoms with van der Waals surface area (Å²) in [4.78, 5) is 19.7. The molecule has 3 aromatic rings. The maximum Gasteiger partial charge on any atom is 0.434 e. The van der Waals surface area contributed by atoms with Crippen LogP contribution in [-0.4, -0.2) is 34.1 Å². The number of hydrogen-bond acceptors (Lipinski definition) is 6. The summed E-state index contributed by atoms with van der Waals surface area (Å²) in [5.41, 5.74) is -1.42. The van der Waals surface area contributed by atoms with Gasteiger partial charge in [-0.15, -0.1) is 0 Å². The number of rotatable bonds is 5. The number of amides is 1. The number of nitrogens with zero attached hydrogens (tertiary/aromatic N) is 4. The van der Waals surface area contributed by atoms with Gasteiger partial charge in [-0.1, -0.05) is 0 Å². The van der Waals surface area contributed by atoms with Gasteiger partial charge in [0.25, 0.3) is 15.9 Å². The summed E-state index contributed by atoms with van der Waals surface area (Å²) in [5, 5.41) is 5.96. The number of aryl methyl sites for hydroxylation is 1. The second kappa shape index (κ2) is 8.02. The van der Waals surface area contributed by atoms with Crippen molar-refractivity contribution in [3.8, 4) is 0 Å². The zero-order valence-corrected chi connectivity index (χ0v) is 17.4. The number of aromatic nitrogens is 4. The second-order valence-corrected chi connectivity index (χ2v) is 8.26. The van der Waals surface area contributed by atoms with Crippen LogP contribution in [-0.2, 0) is 23.2 Å². The minimum absolute atomic E-state index is 0.115. The first-order valence-electron chi connectivity index (χ1n) is 8.00. The van der Waals surface area contributed by atoms with E-state index in [9.17, 15) is 26.4 Å². The highest BCUT2D eigenvalue weighted by Gasteiger charge is 2.39. The van der Waals surface area contributed by atoms with E-state index in [0.717, 1.165) is 7.05 Å². The molecule has 0 spiro atoms. The number of alkyl halides is 3. The Morgan fingerprint density at radius 2 is 1.73 bits per heavy atom. The average molecular weight is 505 g/mol. The van der Waals surface area contributed by atoms with E-state index >= 15 is 0 Å². The van der Waals surface area contributed by atoms with E-state index in [1.54, 1.807) is 0 Å². The summed E-state index contributed by atoms with van der Waals surface area (Å²) in [5.74, 6) is -1.02. The molecule has 2 aromatic heterocycles. The van der Waals surface area contributed by atoms with Gasteiger partial charge in [0.05, 0.1) is 9.37 Å². The fourth-order valence-corrected chi connectivity index (χ4v) is 4.09. The lowest BCUT2D eigenvalue weighted by Crippen LogP contribution is -2.16. The topological polar surface area (TPSA) is 119 Å². The van der Waals surface area contributed by atoms with E-state index in [4.69, 9.17) is 0 Å². The summed E-state index contributed by atoms with van der Waals surface area (Å²) in [6, 6.07) is 6.48. The predicted molar refractivity (Wildman–Crippen MR) is 103 cm³/mol. The van der Waals surface area contributed by atoms with Crippen LogP contribution in [0, 0.1) is 0 Å². The molecule has 14 heteroatoms. The van der Waals surface area contributed by atoms with Crippen molar-refractivity contribution in [2.24, 2.45) is 7.05 Å². The molecule has 1 amide bonds. The average Bonchev–Trinajstić information content (AvgIpc) is 2.97. The lowest BCUT2D eigenvalue weighted by molar-refractivity contribution is -0.144. The number of halogens is 4. The van der Waals surface area contributed by atoms with Gasteiger partial charge in [-0.05, 0) is 46.3 Å². The number of hydrogen-bond donors (Lipinski definition) is 2. The summed E-state index contributed by atoms with van der Waals surface area (Å²) in [7, 11) is -2.91. The summed E-state index contributed by atoms with van der Waals surface area (Å²) >= 11 is 2.76. The number of sulfonamides is 1. The van der Waals surface area contributed by atoms with Crippen molar-refractivity contribution in [3.63, 3.8) is 0 Å². The second-order valence-electron chi connectivity index (χ2n) is 5.79. The molecule has 0 saturated carbocycles. The van der Waals surface area contributed by atoms with Crippen molar-refractivity contribution in [1.82, 2.24) is 19.7 Å². The Balaban J connectivity index is 1.77. The van der Waals surface area contributed by atoms with Gasteiger partial charge in [0.1, 0.15) is 0 Å². The zero-order chi connectivity index (χ0) is 22.1. The largest absolute Gasteiger partial charge is 0.434 e. The molecule has 30 heavy (non-hydrogen) atoms. The van der Waals surface area contributed by atoms with Crippen LogP contribution in [0.2, 0.25) is 0 Å². The quantitative estimate of drug-likeness (QED) is 0.551. The molecular weight excluding hydrogens is 493 g/mol. The van der Waals surface area contributed by atoms with E-state index in [0.29, 0.717) is 4.68 Å². The molecule has 0 aliphatic rings. The number of carbonyl (C=O) groups excluding carboxylic acids is 1. The SMILES string of the molecule is Cn1nc(C(=O)Nc2ccc(S(=O)(=O)Nc3ncccn3)cc2)c(Br)c1C(F)(F)F. The van der Waals surface area contributed by atoms with Gasteiger partial charge in [-0.2, -0.15) is 18.3 Å². The molecule has 158 valence electrons. The van der Waals surface area contributed by atoms with E-state index in [1.165, 1.54) is 42.7 Å². The molecule has 2 N–H and O–H groups in total. The molecule has 0 saturated heterocycles. The van der Waals surface area contributed by atoms with Crippen molar-refractivity contribution in [2.75, 3.05) is 10.0 Å². The van der Waals surface area contributed by atoms with Crippen molar-refractivity contribution in [2.45, 2.75) is 11.1 Å². The summed E-state index contributed by atoms with van der Waals surface area (Å²) in [6.45, 7) is 0. The molecule has 2 heterocycles. The molecule has 1 aromatic carbocycles. The van der Waals surface area contributed by atoms with Gasteiger partial charge < -0.3 is 5.32 Å². The number of benzene rings is 1. The minimum atomic E-state index is -4.70. The predicted octanol–water partition coefficient (Wildman–Crippen LogP) is 3.04. The van der Waals surface area contributed by atoms with Crippen molar-refractivity contribution in [3.05, 3.63) is 58.6 Å². The lowest BCUT2D eigenvalue weighted by atomic mass is 10.3. The maximum absolute atomic E-state index is 13.0. The van der Waals surface area contributed by atoms with Crippen LogP contribution in [0.15, 0.2) is 52.1 Å². The molecule has 0 aliphatic carbocycles. The van der Waals surface area contributed by atoms with E-state index in [1.807, 2.05) is 0 Å². The highest BCUT2D eigenvalue weighted by molar-refractivity contribution is 9.10. The van der Waals surface area contributed by atoms with E-state index in [-0.39, 0.29) is 16.5 Å². The van der Waals surface area contributed by atoms with Gasteiger partial charge >= 0.3 is 6.18 Å². The number of carbonyl (C=O) groups is 1. The fourth-order valence-electron chi connectivity index (χ4n) is 2.39. The molecule has 0 atom stereocenters. The fraction of sp³-hybridized carbons (Fsp3) is 0.125. The molecule has 0 radical (unpaired) electrons. The first-order chi connectivity index (χ1) is 14.0. The number of anilines is 2. The minimum Gasteiger partial charge on any atom is -0.321 e. The number of nitrogens with one attached hydrogen (secondary N) is 2. The van der Waals surface area contributed by atoms with Crippen molar-refractivity contribution in [1.29, 1.82) is 0 Å². The Morgan fingerprint density at radius 3 is 2.27 bits per heavy atom. The third-order valence-corrected chi connectivity index (χ3v) is 5.78. The smallest absolute Gasteiger partial charge is 0.321 e. The maximum atomic E-state index is 13.0. The Morgan fingerprint density at radius 1 is 1.13 bits per heavy atom. The molecular formula is C16H12BrF3N6O3S. The van der Waals surface area contributed by atoms with Crippen LogP contribution in [0.3, 0.4) is 0 Å². The molecule has 9 nitrogen and oxygen atoms in total. The molecule has 0 bridgehead atoms. The monoisotopic (exact) mass is 504 g/mol. The normalized spacial score (nSPS) is 11.9. The summed E-state index contributed by atoms with van der Waals surface area (Å²) in [6.07, 6.45) is -1.97. The first kappa shape index (κ1) is 21.7. The molecule has 3 rings (SSSR count). The molecule has 0 fully saturated rings. The van der Waals surface area contributed by atoms with Gasteiger partial charge in [0, 0.05) is 25.1 Å². The first-order valence-corrected chi connectivity index (χ1v) is 10.3. The van der Waals surface area contributed by atoms with Crippen LogP contribution >= 0.6 is 15.9 Å². The Labute approximate surface area is 176 Å².